The maximum atomic E-state index is 11.7. The maximum Gasteiger partial charge on any atom is 0.180 e. The van der Waals surface area contributed by atoms with Crippen LogP contribution in [0.3, 0.4) is 0 Å². The fourth-order valence-electron chi connectivity index (χ4n) is 7.12. The summed E-state index contributed by atoms with van der Waals surface area (Å²) >= 11 is 0. The van der Waals surface area contributed by atoms with E-state index in [4.69, 9.17) is 0 Å². The lowest BCUT2D eigenvalue weighted by molar-refractivity contribution is -0.117. The largest absolute Gasteiger partial charge is 0.390 e. The minimum Gasteiger partial charge on any atom is -0.390 e. The third-order valence-corrected chi connectivity index (χ3v) is 8.96. The van der Waals surface area contributed by atoms with Gasteiger partial charge in [-0.3, -0.25) is 4.79 Å². The Bertz CT molecular complexity index is 950. The molecule has 2 heterocycles. The number of nitrogens with zero attached hydrogens (tertiary/aromatic N) is 3. The number of hydrogen-bond acceptors (Lipinski definition) is 5. The molecule has 4 aliphatic rings. The van der Waals surface area contributed by atoms with Gasteiger partial charge in [-0.05, 0) is 87.0 Å². The SMILES string of the molecule is C[C@]1(O)CC[C@H]2[C@@H]3CCC4=CC(=O)CC[C@@H]4[C@H]3CC[C@@]21C.c1ncc2[nH]cnc2n1. The van der Waals surface area contributed by atoms with Gasteiger partial charge in [-0.25, -0.2) is 15.0 Å². The Morgan fingerprint density at radius 3 is 2.77 bits per heavy atom. The third kappa shape index (κ3) is 3.11. The first-order chi connectivity index (χ1) is 14.4. The van der Waals surface area contributed by atoms with E-state index in [-0.39, 0.29) is 5.41 Å². The average molecular weight is 409 g/mol. The lowest BCUT2D eigenvalue weighted by Crippen LogP contribution is -2.51. The van der Waals surface area contributed by atoms with Gasteiger partial charge in [0, 0.05) is 6.42 Å². The molecule has 0 radical (unpaired) electrons. The van der Waals surface area contributed by atoms with Gasteiger partial charge in [0.2, 0.25) is 0 Å². The van der Waals surface area contributed by atoms with Gasteiger partial charge in [0.1, 0.15) is 11.8 Å². The van der Waals surface area contributed by atoms with Crippen LogP contribution < -0.4 is 0 Å². The number of imidazole rings is 1. The first-order valence-corrected chi connectivity index (χ1v) is 11.4. The molecule has 30 heavy (non-hydrogen) atoms. The van der Waals surface area contributed by atoms with Gasteiger partial charge in [-0.2, -0.15) is 0 Å². The van der Waals surface area contributed by atoms with E-state index in [1.165, 1.54) is 37.6 Å². The van der Waals surface area contributed by atoms with Crippen molar-refractivity contribution in [3.8, 4) is 0 Å². The Kier molecular flexibility index (Phi) is 4.80. The minimum atomic E-state index is -0.471. The zero-order valence-corrected chi connectivity index (χ0v) is 18.0. The molecule has 2 aromatic rings. The standard InChI is InChI=1S/C19H28O2.C5H4N4/c1-18-9-7-15-14-6-4-13(20)11-12(14)3-5-16(15)17(18)8-10-19(18,2)21;1-4-5(8-2-6-1)9-3-7-4/h11,14-17,21H,3-10H2,1-2H3;1-3H,(H,6,7,8,9)/t14-,15+,16+,17-,18-,19-;/m0./s1. The van der Waals surface area contributed by atoms with Crippen molar-refractivity contribution in [2.75, 3.05) is 0 Å². The van der Waals surface area contributed by atoms with E-state index in [1.807, 2.05) is 6.08 Å². The predicted molar refractivity (Wildman–Crippen MR) is 114 cm³/mol. The van der Waals surface area contributed by atoms with Gasteiger partial charge in [-0.1, -0.05) is 12.5 Å². The number of rotatable bonds is 0. The maximum absolute atomic E-state index is 11.7. The van der Waals surface area contributed by atoms with Crippen molar-refractivity contribution < 1.29 is 9.90 Å². The summed E-state index contributed by atoms with van der Waals surface area (Å²) in [6.07, 6.45) is 15.6. The molecule has 0 amide bonds. The fraction of sp³-hybridized carbons (Fsp3) is 0.667. The number of nitrogens with one attached hydrogen (secondary N) is 1. The highest BCUT2D eigenvalue weighted by Crippen LogP contribution is 2.64. The molecule has 2 N–H and O–H groups in total. The van der Waals surface area contributed by atoms with Crippen molar-refractivity contribution in [3.05, 3.63) is 30.5 Å². The van der Waals surface area contributed by atoms with Crippen molar-refractivity contribution in [3.63, 3.8) is 0 Å². The summed E-state index contributed by atoms with van der Waals surface area (Å²) in [5, 5.41) is 10.9. The highest BCUT2D eigenvalue weighted by Gasteiger charge is 2.60. The van der Waals surface area contributed by atoms with E-state index in [1.54, 1.807) is 12.5 Å². The van der Waals surface area contributed by atoms with Crippen molar-refractivity contribution in [1.82, 2.24) is 19.9 Å². The molecular formula is C24H32N4O2. The topological polar surface area (TPSA) is 91.8 Å². The zero-order valence-electron chi connectivity index (χ0n) is 18.0. The molecule has 6 rings (SSSR count). The van der Waals surface area contributed by atoms with Gasteiger partial charge in [0.25, 0.3) is 0 Å². The Morgan fingerprint density at radius 2 is 1.93 bits per heavy atom. The van der Waals surface area contributed by atoms with Gasteiger partial charge < -0.3 is 10.1 Å². The van der Waals surface area contributed by atoms with Crippen LogP contribution in [-0.2, 0) is 4.79 Å². The molecule has 3 saturated carbocycles. The summed E-state index contributed by atoms with van der Waals surface area (Å²) in [4.78, 5) is 26.2. The molecule has 0 aromatic carbocycles. The molecule has 0 unspecified atom stereocenters. The van der Waals surface area contributed by atoms with E-state index >= 15 is 0 Å². The minimum absolute atomic E-state index is 0.125. The number of carbonyl (C=O) groups is 1. The second-order valence-electron chi connectivity index (χ2n) is 10.2. The molecule has 0 aliphatic heterocycles. The monoisotopic (exact) mass is 408 g/mol. The number of fused-ring (bicyclic) bond motifs is 6. The first kappa shape index (κ1) is 19.9. The van der Waals surface area contributed by atoms with Crippen LogP contribution in [0, 0.1) is 29.1 Å². The van der Waals surface area contributed by atoms with Crippen LogP contribution in [0.4, 0.5) is 0 Å². The van der Waals surface area contributed by atoms with Crippen molar-refractivity contribution >= 4 is 16.9 Å². The van der Waals surface area contributed by atoms with E-state index < -0.39 is 5.60 Å². The van der Waals surface area contributed by atoms with Gasteiger partial charge in [0.15, 0.2) is 11.4 Å². The van der Waals surface area contributed by atoms with E-state index in [2.05, 4.69) is 33.8 Å². The van der Waals surface area contributed by atoms with Crippen LogP contribution >= 0.6 is 0 Å². The predicted octanol–water partition coefficient (Wildman–Crippen LogP) is 4.23. The molecule has 0 spiro atoms. The zero-order chi connectivity index (χ0) is 20.9. The summed E-state index contributed by atoms with van der Waals surface area (Å²) in [7, 11) is 0. The number of H-pyrrole nitrogens is 1. The number of ketones is 1. The molecule has 3 fully saturated rings. The summed E-state index contributed by atoms with van der Waals surface area (Å²) < 4.78 is 0. The molecule has 160 valence electrons. The quantitative estimate of drug-likeness (QED) is 0.680. The van der Waals surface area contributed by atoms with E-state index in [0.717, 1.165) is 43.0 Å². The molecule has 6 heteroatoms. The van der Waals surface area contributed by atoms with Crippen molar-refractivity contribution in [2.24, 2.45) is 29.1 Å². The van der Waals surface area contributed by atoms with E-state index in [9.17, 15) is 9.90 Å². The van der Waals surface area contributed by atoms with Crippen LogP contribution in [0.5, 0.6) is 0 Å². The average Bonchev–Trinajstić information content (AvgIpc) is 3.30. The summed E-state index contributed by atoms with van der Waals surface area (Å²) in [5.74, 6) is 3.30. The number of aromatic amines is 1. The molecule has 0 bridgehead atoms. The van der Waals surface area contributed by atoms with E-state index in [0.29, 0.717) is 23.3 Å². The number of carbonyl (C=O) groups excluding carboxylic acids is 1. The molecular weight excluding hydrogens is 376 g/mol. The Hall–Kier alpha value is -2.08. The van der Waals surface area contributed by atoms with Crippen molar-refractivity contribution in [1.29, 1.82) is 0 Å². The highest BCUT2D eigenvalue weighted by molar-refractivity contribution is 5.91. The molecule has 6 nitrogen and oxygen atoms in total. The summed E-state index contributed by atoms with van der Waals surface area (Å²) in [6, 6.07) is 0. The van der Waals surface area contributed by atoms with Gasteiger partial charge in [0.05, 0.1) is 18.1 Å². The lowest BCUT2D eigenvalue weighted by Gasteiger charge is -2.55. The molecule has 0 saturated heterocycles. The fourth-order valence-corrected chi connectivity index (χ4v) is 7.12. The smallest absolute Gasteiger partial charge is 0.180 e. The second kappa shape index (κ2) is 7.26. The lowest BCUT2D eigenvalue weighted by atomic mass is 9.51. The van der Waals surface area contributed by atoms with Crippen LogP contribution in [0.2, 0.25) is 0 Å². The number of hydrogen-bond donors (Lipinski definition) is 2. The highest BCUT2D eigenvalue weighted by atomic mass is 16.3. The van der Waals surface area contributed by atoms with Crippen molar-refractivity contribution in [2.45, 2.75) is 70.8 Å². The second-order valence-corrected chi connectivity index (χ2v) is 10.2. The summed E-state index contributed by atoms with van der Waals surface area (Å²) in [5.41, 5.74) is 2.70. The Balaban J connectivity index is 0.000000178. The Morgan fingerprint density at radius 1 is 1.07 bits per heavy atom. The van der Waals surface area contributed by atoms with Gasteiger partial charge >= 0.3 is 0 Å². The van der Waals surface area contributed by atoms with Crippen LogP contribution in [-0.4, -0.2) is 36.4 Å². The van der Waals surface area contributed by atoms with Gasteiger partial charge in [-0.15, -0.1) is 0 Å². The number of aromatic nitrogens is 4. The molecule has 4 aliphatic carbocycles. The molecule has 6 atom stereocenters. The van der Waals surface area contributed by atoms with Crippen LogP contribution in [0.25, 0.3) is 11.2 Å². The van der Waals surface area contributed by atoms with Crippen LogP contribution in [0.15, 0.2) is 30.5 Å². The summed E-state index contributed by atoms with van der Waals surface area (Å²) in [6.45, 7) is 4.41. The Labute approximate surface area is 177 Å². The van der Waals surface area contributed by atoms with Crippen LogP contribution in [0.1, 0.15) is 65.2 Å². The number of aliphatic hydroxyl groups is 1. The first-order valence-electron chi connectivity index (χ1n) is 11.4. The normalized spacial score (nSPS) is 40.0. The third-order valence-electron chi connectivity index (χ3n) is 8.96. The number of allylic oxidation sites excluding steroid dienone is 1. The molecule has 2 aromatic heterocycles.